The highest BCUT2D eigenvalue weighted by atomic mass is 19.1. The van der Waals surface area contributed by atoms with Gasteiger partial charge >= 0.3 is 0 Å². The van der Waals surface area contributed by atoms with Gasteiger partial charge in [0.1, 0.15) is 11.6 Å². The lowest BCUT2D eigenvalue weighted by molar-refractivity contribution is 0.0728. The van der Waals surface area contributed by atoms with E-state index in [2.05, 4.69) is 10.5 Å². The van der Waals surface area contributed by atoms with Gasteiger partial charge in [-0.2, -0.15) is 0 Å². The molecule has 6 nitrogen and oxygen atoms in total. The molecule has 0 bridgehead atoms. The molecule has 0 spiro atoms. The fraction of sp³-hybridized carbons (Fsp3) is 0.292. The number of rotatable bonds is 9. The van der Waals surface area contributed by atoms with Crippen LogP contribution >= 0.6 is 0 Å². The number of nitrogens with zero attached hydrogens (tertiary/aromatic N) is 2. The second-order valence-electron chi connectivity index (χ2n) is 7.95. The van der Waals surface area contributed by atoms with Crippen LogP contribution in [0, 0.1) is 17.6 Å². The van der Waals surface area contributed by atoms with Crippen molar-refractivity contribution in [2.24, 2.45) is 5.92 Å². The summed E-state index contributed by atoms with van der Waals surface area (Å²) in [5, 5.41) is 6.61. The molecule has 0 atom stereocenters. The molecule has 1 aliphatic rings. The Morgan fingerprint density at radius 2 is 1.78 bits per heavy atom. The first-order valence-electron chi connectivity index (χ1n) is 10.5. The SMILES string of the molecule is O=C(NCC1CC1)c1cc(CN(CCc2ccccc2)C(=O)c2cc(F)cc(F)c2)on1. The Bertz CT molecular complexity index is 1080. The van der Waals surface area contributed by atoms with Crippen LogP contribution in [0.2, 0.25) is 0 Å². The molecule has 1 N–H and O–H groups in total. The average molecular weight is 439 g/mol. The predicted octanol–water partition coefficient (Wildman–Crippen LogP) is 3.98. The van der Waals surface area contributed by atoms with Gasteiger partial charge < -0.3 is 14.7 Å². The highest BCUT2D eigenvalue weighted by Crippen LogP contribution is 2.27. The summed E-state index contributed by atoms with van der Waals surface area (Å²) in [7, 11) is 0. The average Bonchev–Trinajstić information content (AvgIpc) is 3.50. The molecule has 8 heteroatoms. The standard InChI is InChI=1S/C24H23F2N3O3/c25-19-10-18(11-20(26)12-19)24(31)29(9-8-16-4-2-1-3-5-16)15-21-13-22(28-32-21)23(30)27-14-17-6-7-17/h1-5,10-13,17H,6-9,14-15H2,(H,27,30). The van der Waals surface area contributed by atoms with Gasteiger partial charge in [0, 0.05) is 30.8 Å². The molecular formula is C24H23F2N3O3. The predicted molar refractivity (Wildman–Crippen MR) is 113 cm³/mol. The van der Waals surface area contributed by atoms with E-state index >= 15 is 0 Å². The van der Waals surface area contributed by atoms with E-state index < -0.39 is 17.5 Å². The fourth-order valence-corrected chi connectivity index (χ4v) is 3.35. The topological polar surface area (TPSA) is 75.4 Å². The number of aromatic nitrogens is 1. The van der Waals surface area contributed by atoms with Crippen molar-refractivity contribution in [1.82, 2.24) is 15.4 Å². The van der Waals surface area contributed by atoms with E-state index in [1.807, 2.05) is 30.3 Å². The normalized spacial score (nSPS) is 13.1. The van der Waals surface area contributed by atoms with Gasteiger partial charge in [-0.1, -0.05) is 35.5 Å². The number of hydrogen-bond donors (Lipinski definition) is 1. The van der Waals surface area contributed by atoms with Crippen molar-refractivity contribution in [1.29, 1.82) is 0 Å². The molecule has 1 fully saturated rings. The molecule has 1 aliphatic carbocycles. The largest absolute Gasteiger partial charge is 0.359 e. The Morgan fingerprint density at radius 1 is 1.06 bits per heavy atom. The first-order valence-corrected chi connectivity index (χ1v) is 10.5. The van der Waals surface area contributed by atoms with Gasteiger partial charge in [-0.25, -0.2) is 8.78 Å². The lowest BCUT2D eigenvalue weighted by atomic mass is 10.1. The zero-order valence-corrected chi connectivity index (χ0v) is 17.4. The molecule has 3 aromatic rings. The van der Waals surface area contributed by atoms with Gasteiger partial charge in [-0.05, 0) is 42.9 Å². The zero-order chi connectivity index (χ0) is 22.5. The van der Waals surface area contributed by atoms with Crippen molar-refractivity contribution >= 4 is 11.8 Å². The lowest BCUT2D eigenvalue weighted by Gasteiger charge is -2.21. The van der Waals surface area contributed by atoms with E-state index in [-0.39, 0.29) is 30.3 Å². The molecule has 1 saturated carbocycles. The molecule has 0 saturated heterocycles. The molecule has 0 aliphatic heterocycles. The van der Waals surface area contributed by atoms with Gasteiger partial charge in [-0.3, -0.25) is 9.59 Å². The summed E-state index contributed by atoms with van der Waals surface area (Å²) in [6, 6.07) is 13.7. The summed E-state index contributed by atoms with van der Waals surface area (Å²) in [6.07, 6.45) is 2.76. The molecule has 32 heavy (non-hydrogen) atoms. The van der Waals surface area contributed by atoms with Gasteiger partial charge in [0.2, 0.25) is 0 Å². The summed E-state index contributed by atoms with van der Waals surface area (Å²) in [4.78, 5) is 26.7. The monoisotopic (exact) mass is 439 g/mol. The Morgan fingerprint density at radius 3 is 2.47 bits per heavy atom. The number of carbonyl (C=O) groups is 2. The zero-order valence-electron chi connectivity index (χ0n) is 17.4. The van der Waals surface area contributed by atoms with E-state index in [0.29, 0.717) is 30.7 Å². The van der Waals surface area contributed by atoms with Crippen molar-refractivity contribution in [3.8, 4) is 0 Å². The van der Waals surface area contributed by atoms with Crippen LogP contribution in [0.5, 0.6) is 0 Å². The van der Waals surface area contributed by atoms with E-state index in [0.717, 1.165) is 30.5 Å². The first kappa shape index (κ1) is 21.7. The van der Waals surface area contributed by atoms with Crippen LogP contribution in [-0.4, -0.2) is 35.0 Å². The van der Waals surface area contributed by atoms with E-state index in [9.17, 15) is 18.4 Å². The maximum atomic E-state index is 13.7. The lowest BCUT2D eigenvalue weighted by Crippen LogP contribution is -2.32. The molecule has 166 valence electrons. The smallest absolute Gasteiger partial charge is 0.273 e. The van der Waals surface area contributed by atoms with Crippen molar-refractivity contribution < 1.29 is 22.9 Å². The fourth-order valence-electron chi connectivity index (χ4n) is 3.35. The summed E-state index contributed by atoms with van der Waals surface area (Å²) in [5.74, 6) is -1.70. The first-order chi connectivity index (χ1) is 15.5. The van der Waals surface area contributed by atoms with Crippen LogP contribution in [-0.2, 0) is 13.0 Å². The van der Waals surface area contributed by atoms with Crippen molar-refractivity contribution in [2.75, 3.05) is 13.1 Å². The molecule has 0 unspecified atom stereocenters. The number of benzene rings is 2. The van der Waals surface area contributed by atoms with Crippen molar-refractivity contribution in [3.63, 3.8) is 0 Å². The van der Waals surface area contributed by atoms with Crippen molar-refractivity contribution in [2.45, 2.75) is 25.8 Å². The van der Waals surface area contributed by atoms with Crippen LogP contribution in [0.3, 0.4) is 0 Å². The van der Waals surface area contributed by atoms with Crippen LogP contribution < -0.4 is 5.32 Å². The minimum Gasteiger partial charge on any atom is -0.359 e. The number of carbonyl (C=O) groups excluding carboxylic acids is 2. The summed E-state index contributed by atoms with van der Waals surface area (Å²) in [5.41, 5.74) is 1.04. The third-order valence-electron chi connectivity index (χ3n) is 5.30. The Labute approximate surface area is 184 Å². The van der Waals surface area contributed by atoms with Crippen LogP contribution in [0.15, 0.2) is 59.1 Å². The quantitative estimate of drug-likeness (QED) is 0.547. The van der Waals surface area contributed by atoms with E-state index in [1.165, 1.54) is 11.0 Å². The minimum absolute atomic E-state index is 0.00665. The Kier molecular flexibility index (Phi) is 6.58. The summed E-state index contributed by atoms with van der Waals surface area (Å²) < 4.78 is 32.6. The minimum atomic E-state index is -0.828. The maximum absolute atomic E-state index is 13.7. The maximum Gasteiger partial charge on any atom is 0.273 e. The third kappa shape index (κ3) is 5.78. The highest BCUT2D eigenvalue weighted by molar-refractivity contribution is 5.94. The van der Waals surface area contributed by atoms with Crippen molar-refractivity contribution in [3.05, 3.63) is 88.8 Å². The number of amides is 2. The van der Waals surface area contributed by atoms with E-state index in [4.69, 9.17) is 4.52 Å². The number of nitrogens with one attached hydrogen (secondary N) is 1. The van der Waals surface area contributed by atoms with Crippen LogP contribution in [0.25, 0.3) is 0 Å². The van der Waals surface area contributed by atoms with Crippen LogP contribution in [0.4, 0.5) is 8.78 Å². The molecular weight excluding hydrogens is 416 g/mol. The number of hydrogen-bond acceptors (Lipinski definition) is 4. The van der Waals surface area contributed by atoms with Gasteiger partial charge in [-0.15, -0.1) is 0 Å². The molecule has 0 radical (unpaired) electrons. The van der Waals surface area contributed by atoms with Gasteiger partial charge in [0.05, 0.1) is 6.54 Å². The molecule has 1 heterocycles. The van der Waals surface area contributed by atoms with Gasteiger partial charge in [0.25, 0.3) is 11.8 Å². The van der Waals surface area contributed by atoms with Gasteiger partial charge in [0.15, 0.2) is 11.5 Å². The second-order valence-corrected chi connectivity index (χ2v) is 7.95. The third-order valence-corrected chi connectivity index (χ3v) is 5.30. The summed E-state index contributed by atoms with van der Waals surface area (Å²) >= 11 is 0. The Balaban J connectivity index is 1.49. The molecule has 4 rings (SSSR count). The molecule has 2 amide bonds. The second kappa shape index (κ2) is 9.72. The Hall–Kier alpha value is -3.55. The van der Waals surface area contributed by atoms with E-state index in [1.54, 1.807) is 0 Å². The molecule has 1 aromatic heterocycles. The molecule has 2 aromatic carbocycles. The number of halogens is 2. The highest BCUT2D eigenvalue weighted by Gasteiger charge is 2.24. The van der Waals surface area contributed by atoms with Crippen LogP contribution in [0.1, 0.15) is 45.0 Å². The summed E-state index contributed by atoms with van der Waals surface area (Å²) in [6.45, 7) is 0.894.